The smallest absolute Gasteiger partial charge is 0.306 e. The standard InChI is InChI=1S/C39H75NO8/c1-6-8-10-12-14-16-17-18-19-20-21-22-24-26-28-30-37(42)48-35(34-47-39(38(43)44)45-32-31-40(3,4)5)33-46-36(41)29-27-25-23-15-13-11-9-7-2/h35,39H,6-34H2,1-5H3. The minimum atomic E-state index is -1.61. The summed E-state index contributed by atoms with van der Waals surface area (Å²) < 4.78 is 22.4. The highest BCUT2D eigenvalue weighted by atomic mass is 16.7. The first-order chi connectivity index (χ1) is 23.1. The molecule has 0 amide bonds. The van der Waals surface area contributed by atoms with Crippen molar-refractivity contribution in [1.82, 2.24) is 0 Å². The van der Waals surface area contributed by atoms with Crippen LogP contribution in [0.5, 0.6) is 0 Å². The number of aliphatic carboxylic acids is 1. The van der Waals surface area contributed by atoms with Gasteiger partial charge in [-0.05, 0) is 12.8 Å². The van der Waals surface area contributed by atoms with Crippen molar-refractivity contribution in [3.8, 4) is 0 Å². The molecule has 0 radical (unpaired) electrons. The molecular formula is C39H75NO8. The fraction of sp³-hybridized carbons (Fsp3) is 0.923. The zero-order valence-electron chi connectivity index (χ0n) is 31.9. The highest BCUT2D eigenvalue weighted by Crippen LogP contribution is 2.15. The van der Waals surface area contributed by atoms with Gasteiger partial charge in [0.1, 0.15) is 13.2 Å². The predicted octanol–water partition coefficient (Wildman–Crippen LogP) is 8.05. The molecule has 9 heteroatoms. The lowest BCUT2D eigenvalue weighted by Gasteiger charge is -2.26. The van der Waals surface area contributed by atoms with E-state index in [1.165, 1.54) is 109 Å². The van der Waals surface area contributed by atoms with Crippen LogP contribution in [0.3, 0.4) is 0 Å². The number of unbranched alkanes of at least 4 members (excludes halogenated alkanes) is 21. The molecule has 0 aliphatic carbocycles. The molecule has 2 atom stereocenters. The number of esters is 2. The Morgan fingerprint density at radius 2 is 0.938 bits per heavy atom. The fourth-order valence-electron chi connectivity index (χ4n) is 5.48. The second kappa shape index (κ2) is 32.5. The molecule has 0 aromatic heterocycles. The van der Waals surface area contributed by atoms with Gasteiger partial charge in [0.05, 0.1) is 40.3 Å². The summed E-state index contributed by atoms with van der Waals surface area (Å²) in [6.07, 6.45) is 25.7. The van der Waals surface area contributed by atoms with E-state index in [-0.39, 0.29) is 32.2 Å². The maximum atomic E-state index is 12.7. The summed E-state index contributed by atoms with van der Waals surface area (Å²) in [5, 5.41) is 11.6. The minimum Gasteiger partial charge on any atom is -0.545 e. The molecule has 0 fully saturated rings. The Kier molecular flexibility index (Phi) is 31.3. The van der Waals surface area contributed by atoms with Gasteiger partial charge in [-0.15, -0.1) is 0 Å². The normalized spacial score (nSPS) is 12.9. The van der Waals surface area contributed by atoms with Crippen LogP contribution in [0.1, 0.15) is 174 Å². The molecule has 0 heterocycles. The van der Waals surface area contributed by atoms with Gasteiger partial charge >= 0.3 is 11.9 Å². The van der Waals surface area contributed by atoms with Crippen LogP contribution in [0.15, 0.2) is 0 Å². The van der Waals surface area contributed by atoms with Crippen LogP contribution < -0.4 is 5.11 Å². The van der Waals surface area contributed by atoms with E-state index >= 15 is 0 Å². The molecule has 284 valence electrons. The molecule has 0 aromatic rings. The second-order valence-corrected chi connectivity index (χ2v) is 14.6. The number of carboxylic acids is 1. The lowest BCUT2D eigenvalue weighted by molar-refractivity contribution is -0.870. The molecule has 48 heavy (non-hydrogen) atoms. The van der Waals surface area contributed by atoms with Gasteiger partial charge in [-0.25, -0.2) is 0 Å². The number of carbonyl (C=O) groups excluding carboxylic acids is 3. The van der Waals surface area contributed by atoms with Crippen LogP contribution in [-0.4, -0.2) is 82.3 Å². The summed E-state index contributed by atoms with van der Waals surface area (Å²) in [7, 11) is 5.90. The maximum absolute atomic E-state index is 12.7. The van der Waals surface area contributed by atoms with Crippen molar-refractivity contribution in [2.45, 2.75) is 187 Å². The number of ether oxygens (including phenoxy) is 4. The third kappa shape index (κ3) is 32.8. The van der Waals surface area contributed by atoms with Gasteiger partial charge in [0.25, 0.3) is 0 Å². The number of hydrogen-bond donors (Lipinski definition) is 0. The summed E-state index contributed by atoms with van der Waals surface area (Å²) in [6.45, 7) is 4.71. The summed E-state index contributed by atoms with van der Waals surface area (Å²) >= 11 is 0. The molecule has 0 bridgehead atoms. The van der Waals surface area contributed by atoms with Crippen molar-refractivity contribution in [2.24, 2.45) is 0 Å². The van der Waals surface area contributed by atoms with Crippen LogP contribution in [-0.2, 0) is 33.3 Å². The SMILES string of the molecule is CCCCCCCCCCCCCCCCCC(=O)OC(COC(=O)CCCCCCCCCC)COC(OCC[N+](C)(C)C)C(=O)[O-]. The van der Waals surface area contributed by atoms with E-state index in [1.807, 2.05) is 21.1 Å². The zero-order valence-corrected chi connectivity index (χ0v) is 31.9. The number of carboxylic acid groups (broad SMARTS) is 1. The molecular weight excluding hydrogens is 610 g/mol. The van der Waals surface area contributed by atoms with Crippen molar-refractivity contribution in [2.75, 3.05) is 47.5 Å². The van der Waals surface area contributed by atoms with Crippen molar-refractivity contribution >= 4 is 17.9 Å². The molecule has 0 aromatic carbocycles. The van der Waals surface area contributed by atoms with Gasteiger partial charge in [0, 0.05) is 12.8 Å². The first-order valence-corrected chi connectivity index (χ1v) is 19.7. The third-order valence-corrected chi connectivity index (χ3v) is 8.60. The quantitative estimate of drug-likeness (QED) is 0.0282. The summed E-state index contributed by atoms with van der Waals surface area (Å²) in [5.41, 5.74) is 0. The van der Waals surface area contributed by atoms with Crippen molar-refractivity contribution in [3.05, 3.63) is 0 Å². The van der Waals surface area contributed by atoms with Crippen LogP contribution in [0.2, 0.25) is 0 Å². The van der Waals surface area contributed by atoms with Crippen LogP contribution >= 0.6 is 0 Å². The van der Waals surface area contributed by atoms with Gasteiger partial charge in [-0.1, -0.05) is 149 Å². The number of hydrogen-bond acceptors (Lipinski definition) is 8. The lowest BCUT2D eigenvalue weighted by Crippen LogP contribution is -2.44. The zero-order chi connectivity index (χ0) is 35.7. The Morgan fingerprint density at radius 3 is 1.33 bits per heavy atom. The molecule has 9 nitrogen and oxygen atoms in total. The second-order valence-electron chi connectivity index (χ2n) is 14.6. The Morgan fingerprint density at radius 1 is 0.542 bits per heavy atom. The van der Waals surface area contributed by atoms with Crippen molar-refractivity contribution in [1.29, 1.82) is 0 Å². The summed E-state index contributed by atoms with van der Waals surface area (Å²) in [6, 6.07) is 0. The van der Waals surface area contributed by atoms with E-state index in [0.29, 0.717) is 17.4 Å². The van der Waals surface area contributed by atoms with E-state index in [0.717, 1.165) is 38.5 Å². The van der Waals surface area contributed by atoms with Gasteiger partial charge in [0.2, 0.25) is 0 Å². The fourth-order valence-corrected chi connectivity index (χ4v) is 5.48. The van der Waals surface area contributed by atoms with Crippen LogP contribution in [0.25, 0.3) is 0 Å². The van der Waals surface area contributed by atoms with E-state index in [9.17, 15) is 19.5 Å². The average molecular weight is 686 g/mol. The first-order valence-electron chi connectivity index (χ1n) is 19.7. The number of nitrogens with zero attached hydrogens (tertiary/aromatic N) is 1. The third-order valence-electron chi connectivity index (χ3n) is 8.60. The minimum absolute atomic E-state index is 0.152. The number of rotatable bonds is 36. The van der Waals surface area contributed by atoms with E-state index < -0.39 is 24.3 Å². The van der Waals surface area contributed by atoms with Gasteiger partial charge < -0.3 is 33.3 Å². The number of carbonyl (C=O) groups is 3. The average Bonchev–Trinajstić information content (AvgIpc) is 3.03. The highest BCUT2D eigenvalue weighted by Gasteiger charge is 2.21. The Bertz CT molecular complexity index is 770. The summed E-state index contributed by atoms with van der Waals surface area (Å²) in [5.74, 6) is -2.28. The lowest BCUT2D eigenvalue weighted by atomic mass is 10.0. The Labute approximate surface area is 294 Å². The molecule has 2 unspecified atom stereocenters. The topological polar surface area (TPSA) is 111 Å². The molecule has 0 spiro atoms. The van der Waals surface area contributed by atoms with E-state index in [4.69, 9.17) is 18.9 Å². The molecule has 0 N–H and O–H groups in total. The number of quaternary nitrogens is 1. The molecule has 0 aliphatic heterocycles. The first kappa shape index (κ1) is 46.3. The van der Waals surface area contributed by atoms with Crippen molar-refractivity contribution < 1.29 is 42.9 Å². The van der Waals surface area contributed by atoms with Gasteiger partial charge in [-0.2, -0.15) is 0 Å². The summed E-state index contributed by atoms with van der Waals surface area (Å²) in [4.78, 5) is 36.6. The molecule has 0 aliphatic rings. The molecule has 0 saturated heterocycles. The molecule has 0 saturated carbocycles. The van der Waals surface area contributed by atoms with Crippen LogP contribution in [0.4, 0.5) is 0 Å². The maximum Gasteiger partial charge on any atom is 0.306 e. The molecule has 0 rings (SSSR count). The van der Waals surface area contributed by atoms with E-state index in [1.54, 1.807) is 0 Å². The van der Waals surface area contributed by atoms with E-state index in [2.05, 4.69) is 13.8 Å². The Hall–Kier alpha value is -1.71. The van der Waals surface area contributed by atoms with Crippen molar-refractivity contribution in [3.63, 3.8) is 0 Å². The van der Waals surface area contributed by atoms with Gasteiger partial charge in [-0.3, -0.25) is 9.59 Å². The van der Waals surface area contributed by atoms with Gasteiger partial charge in [0.15, 0.2) is 12.4 Å². The predicted molar refractivity (Wildman–Crippen MR) is 191 cm³/mol. The largest absolute Gasteiger partial charge is 0.545 e. The number of likely N-dealkylation sites (N-methyl/N-ethyl adjacent to an activating group) is 1. The Balaban J connectivity index is 4.45. The van der Waals surface area contributed by atoms with Crippen LogP contribution in [0, 0.1) is 0 Å². The monoisotopic (exact) mass is 686 g/mol. The highest BCUT2D eigenvalue weighted by molar-refractivity contribution is 5.70.